The molecule has 2 amide bonds. The first kappa shape index (κ1) is 36.9. The summed E-state index contributed by atoms with van der Waals surface area (Å²) in [6.07, 6.45) is 9.92. The van der Waals surface area contributed by atoms with E-state index in [1.165, 1.54) is 19.2 Å². The van der Waals surface area contributed by atoms with Crippen molar-refractivity contribution in [2.24, 2.45) is 11.8 Å². The number of rotatable bonds is 12. The van der Waals surface area contributed by atoms with Gasteiger partial charge in [-0.3, -0.25) is 19.4 Å². The number of nitrogen functional groups attached to an aromatic ring is 1. The number of amides is 2. The van der Waals surface area contributed by atoms with Crippen LogP contribution in [-0.4, -0.2) is 70.8 Å². The Balaban J connectivity index is 1.00. The van der Waals surface area contributed by atoms with Crippen molar-refractivity contribution in [3.8, 4) is 45.0 Å². The molecule has 3 aliphatic rings. The Kier molecular flexibility index (Phi) is 10.3. The first-order chi connectivity index (χ1) is 27.1. The molecule has 0 spiro atoms. The van der Waals surface area contributed by atoms with Crippen LogP contribution in [0, 0.1) is 24.6 Å². The van der Waals surface area contributed by atoms with E-state index in [-0.39, 0.29) is 28.5 Å². The zero-order chi connectivity index (χ0) is 38.9. The lowest BCUT2D eigenvalue weighted by atomic mass is 9.85. The van der Waals surface area contributed by atoms with E-state index in [9.17, 15) is 14.4 Å². The Morgan fingerprint density at radius 1 is 0.911 bits per heavy atom. The van der Waals surface area contributed by atoms with Crippen LogP contribution in [0.25, 0.3) is 33.5 Å². The number of methoxy groups -OCH3 is 1. The van der Waals surface area contributed by atoms with E-state index in [1.807, 2.05) is 28.5 Å². The van der Waals surface area contributed by atoms with Crippen LogP contribution in [0.2, 0.25) is 0 Å². The average Bonchev–Trinajstić information content (AvgIpc) is 3.50. The number of hydrogen-bond donors (Lipinski definition) is 2. The number of nitrogens with one attached hydrogen (secondary N) is 1. The minimum absolute atomic E-state index is 0.0459. The predicted molar refractivity (Wildman–Crippen MR) is 210 cm³/mol. The minimum atomic E-state index is -0.651. The first-order valence-electron chi connectivity index (χ1n) is 18.9. The zero-order valence-electron chi connectivity index (χ0n) is 31.3. The molecule has 1 aliphatic carbocycles. The molecular weight excluding hydrogens is 716 g/mol. The molecule has 13 heteroatoms. The number of nitrogens with two attached hydrogens (primary N) is 1. The number of benzene rings is 2. The maximum absolute atomic E-state index is 15.9. The molecule has 56 heavy (non-hydrogen) atoms. The van der Waals surface area contributed by atoms with Gasteiger partial charge in [-0.05, 0) is 79.3 Å². The van der Waals surface area contributed by atoms with Gasteiger partial charge in [0.2, 0.25) is 5.43 Å². The van der Waals surface area contributed by atoms with E-state index >= 15 is 4.39 Å². The molecule has 0 bridgehead atoms. The topological polar surface area (TPSA) is 151 Å². The Hall–Kier alpha value is -6.08. The number of aromatic nitrogens is 3. The van der Waals surface area contributed by atoms with Crippen LogP contribution in [0.1, 0.15) is 41.6 Å². The SMILES string of the molecule is COc1cc(-c2cnc(N)c(-c3ccc(NC(=O)c4cn(CC5CCC5)cc(-c5ccc(C)cn5)c4=O)cc3F)c2)ccc1O[C@@H]1CCN(CC2COC2)C1=O. The first-order valence-corrected chi connectivity index (χ1v) is 18.9. The van der Waals surface area contributed by atoms with Gasteiger partial charge in [-0.15, -0.1) is 0 Å². The van der Waals surface area contributed by atoms with Crippen molar-refractivity contribution in [3.63, 3.8) is 0 Å². The fraction of sp³-hybridized carbons (Fsp3) is 0.326. The Morgan fingerprint density at radius 2 is 1.75 bits per heavy atom. The van der Waals surface area contributed by atoms with Crippen LogP contribution in [0.4, 0.5) is 15.9 Å². The summed E-state index contributed by atoms with van der Waals surface area (Å²) in [7, 11) is 1.52. The summed E-state index contributed by atoms with van der Waals surface area (Å²) in [4.78, 5) is 50.9. The molecule has 3 N–H and O–H groups in total. The molecule has 288 valence electrons. The van der Waals surface area contributed by atoms with Crippen LogP contribution in [-0.2, 0) is 16.1 Å². The maximum Gasteiger partial charge on any atom is 0.263 e. The van der Waals surface area contributed by atoms with Gasteiger partial charge < -0.3 is 34.7 Å². The van der Waals surface area contributed by atoms with Gasteiger partial charge in [-0.25, -0.2) is 9.37 Å². The van der Waals surface area contributed by atoms with Crippen LogP contribution in [0.5, 0.6) is 11.5 Å². The highest BCUT2D eigenvalue weighted by molar-refractivity contribution is 6.04. The monoisotopic (exact) mass is 758 g/mol. The molecule has 5 heterocycles. The molecule has 12 nitrogen and oxygen atoms in total. The fourth-order valence-electron chi connectivity index (χ4n) is 7.34. The lowest BCUT2D eigenvalue weighted by Crippen LogP contribution is -2.42. The standard InChI is InChI=1S/C43H43FN6O6/c1-25-6-10-36(46-17-25)33-21-49(19-26-4-3-5-26)22-34(40(33)51)42(52)48-30-8-9-31(35(44)16-30)32-14-29(18-47-41(32)45)28-7-11-37(39(15-28)54-2)56-38-12-13-50(43(38)53)20-27-23-55-24-27/h6-11,14-18,21-22,26-27,38H,3-5,12-13,19-20,23-24H2,1-2H3,(H2,45,47)(H,48,52)/t38-/m1/s1. The highest BCUT2D eigenvalue weighted by atomic mass is 19.1. The van der Waals surface area contributed by atoms with Crippen molar-refractivity contribution in [2.45, 2.75) is 45.3 Å². The Bertz CT molecular complexity index is 2360. The number of carbonyl (C=O) groups is 2. The number of carbonyl (C=O) groups excluding carboxylic acids is 2. The van der Waals surface area contributed by atoms with E-state index in [0.29, 0.717) is 90.6 Å². The molecule has 3 aromatic heterocycles. The minimum Gasteiger partial charge on any atom is -0.493 e. The number of ether oxygens (including phenoxy) is 3. The van der Waals surface area contributed by atoms with Crippen molar-refractivity contribution < 1.29 is 28.2 Å². The smallest absolute Gasteiger partial charge is 0.263 e. The molecule has 8 rings (SSSR count). The summed E-state index contributed by atoms with van der Waals surface area (Å²) in [6.45, 7) is 5.25. The maximum atomic E-state index is 15.9. The summed E-state index contributed by atoms with van der Waals surface area (Å²) in [5.41, 5.74) is 9.56. The number of likely N-dealkylation sites (tertiary alicyclic amines) is 1. The van der Waals surface area contributed by atoms with Gasteiger partial charge in [-0.2, -0.15) is 0 Å². The van der Waals surface area contributed by atoms with E-state index in [0.717, 1.165) is 24.8 Å². The van der Waals surface area contributed by atoms with E-state index in [2.05, 4.69) is 15.3 Å². The van der Waals surface area contributed by atoms with Gasteiger partial charge >= 0.3 is 0 Å². The molecule has 2 aromatic carbocycles. The van der Waals surface area contributed by atoms with Gasteiger partial charge in [-0.1, -0.05) is 18.6 Å². The van der Waals surface area contributed by atoms with Gasteiger partial charge in [0.25, 0.3) is 11.8 Å². The highest BCUT2D eigenvalue weighted by Crippen LogP contribution is 2.37. The largest absolute Gasteiger partial charge is 0.493 e. The van der Waals surface area contributed by atoms with E-state index in [4.69, 9.17) is 19.9 Å². The van der Waals surface area contributed by atoms with E-state index < -0.39 is 23.3 Å². The molecular formula is C43H43FN6O6. The summed E-state index contributed by atoms with van der Waals surface area (Å²) in [6, 6.07) is 15.0. The number of halogens is 1. The van der Waals surface area contributed by atoms with Crippen molar-refractivity contribution in [1.82, 2.24) is 19.4 Å². The van der Waals surface area contributed by atoms with Crippen LogP contribution >= 0.6 is 0 Å². The Morgan fingerprint density at radius 3 is 2.45 bits per heavy atom. The fourth-order valence-corrected chi connectivity index (χ4v) is 7.34. The summed E-state index contributed by atoms with van der Waals surface area (Å²) in [5, 5.41) is 2.71. The molecule has 5 aromatic rings. The number of hydrogen-bond acceptors (Lipinski definition) is 9. The average molecular weight is 759 g/mol. The second kappa shape index (κ2) is 15.6. The molecule has 3 fully saturated rings. The number of anilines is 2. The van der Waals surface area contributed by atoms with Gasteiger partial charge in [0.15, 0.2) is 17.6 Å². The predicted octanol–water partition coefficient (Wildman–Crippen LogP) is 6.36. The van der Waals surface area contributed by atoms with Crippen LogP contribution in [0.3, 0.4) is 0 Å². The highest BCUT2D eigenvalue weighted by Gasteiger charge is 2.36. The Labute approximate surface area is 323 Å². The lowest BCUT2D eigenvalue weighted by Gasteiger charge is -2.30. The third-order valence-electron chi connectivity index (χ3n) is 10.8. The molecule has 0 unspecified atom stereocenters. The quantitative estimate of drug-likeness (QED) is 0.148. The third kappa shape index (κ3) is 7.59. The lowest BCUT2D eigenvalue weighted by molar-refractivity contribution is -0.136. The molecule has 1 saturated carbocycles. The van der Waals surface area contributed by atoms with Crippen molar-refractivity contribution in [3.05, 3.63) is 107 Å². The van der Waals surface area contributed by atoms with Crippen molar-refractivity contribution in [1.29, 1.82) is 0 Å². The van der Waals surface area contributed by atoms with Crippen molar-refractivity contribution >= 4 is 23.3 Å². The second-order valence-corrected chi connectivity index (χ2v) is 14.9. The number of pyridine rings is 3. The van der Waals surface area contributed by atoms with Crippen LogP contribution < -0.4 is 26.0 Å². The molecule has 2 aliphatic heterocycles. The molecule has 2 saturated heterocycles. The summed E-state index contributed by atoms with van der Waals surface area (Å²) in [5.74, 6) is 0.487. The third-order valence-corrected chi connectivity index (χ3v) is 10.8. The number of nitrogens with zero attached hydrogens (tertiary/aromatic N) is 4. The van der Waals surface area contributed by atoms with E-state index in [1.54, 1.807) is 55.1 Å². The summed E-state index contributed by atoms with van der Waals surface area (Å²) >= 11 is 0. The zero-order valence-corrected chi connectivity index (χ0v) is 31.3. The summed E-state index contributed by atoms with van der Waals surface area (Å²) < 4.78 is 34.8. The van der Waals surface area contributed by atoms with Crippen LogP contribution in [0.15, 0.2) is 84.2 Å². The van der Waals surface area contributed by atoms with Gasteiger partial charge in [0.1, 0.15) is 17.2 Å². The molecule has 0 radical (unpaired) electrons. The van der Waals surface area contributed by atoms with Gasteiger partial charge in [0, 0.05) is 79.1 Å². The normalized spacial score (nSPS) is 17.0. The molecule has 1 atom stereocenters. The van der Waals surface area contributed by atoms with Crippen molar-refractivity contribution in [2.75, 3.05) is 44.5 Å². The van der Waals surface area contributed by atoms with Gasteiger partial charge in [0.05, 0.1) is 31.6 Å². The number of aryl methyl sites for hydroxylation is 1. The second-order valence-electron chi connectivity index (χ2n) is 14.9.